The van der Waals surface area contributed by atoms with Gasteiger partial charge in [0.2, 0.25) is 10.0 Å². The molecule has 2 rings (SSSR count). The lowest BCUT2D eigenvalue weighted by atomic mass is 10.2. The average Bonchev–Trinajstić information content (AvgIpc) is 2.63. The number of amides is 1. The Balaban J connectivity index is 2.14. The van der Waals surface area contributed by atoms with E-state index in [4.69, 9.17) is 27.9 Å². The van der Waals surface area contributed by atoms with Crippen LogP contribution in [-0.4, -0.2) is 38.3 Å². The van der Waals surface area contributed by atoms with E-state index < -0.39 is 15.9 Å². The molecule has 9 heteroatoms. The van der Waals surface area contributed by atoms with E-state index in [0.29, 0.717) is 23.9 Å². The number of nitrogens with zero attached hydrogens (tertiary/aromatic N) is 1. The Morgan fingerprint density at radius 1 is 1.11 bits per heavy atom. The van der Waals surface area contributed by atoms with Gasteiger partial charge < -0.3 is 10.1 Å². The van der Waals surface area contributed by atoms with Crippen LogP contribution in [0.3, 0.4) is 0 Å². The summed E-state index contributed by atoms with van der Waals surface area (Å²) in [6.45, 7) is 5.77. The molecule has 0 unspecified atom stereocenters. The van der Waals surface area contributed by atoms with Gasteiger partial charge in [-0.05, 0) is 48.9 Å². The average molecular weight is 445 g/mol. The molecule has 1 amide bonds. The number of hydrogen-bond acceptors (Lipinski definition) is 4. The lowest BCUT2D eigenvalue weighted by Crippen LogP contribution is -2.30. The lowest BCUT2D eigenvalue weighted by molar-refractivity contribution is -0.118. The number of nitrogens with one attached hydrogen (secondary N) is 1. The summed E-state index contributed by atoms with van der Waals surface area (Å²) < 4.78 is 32.1. The van der Waals surface area contributed by atoms with Crippen LogP contribution in [0.5, 0.6) is 5.75 Å². The van der Waals surface area contributed by atoms with Crippen molar-refractivity contribution in [2.24, 2.45) is 0 Å². The highest BCUT2D eigenvalue weighted by Crippen LogP contribution is 2.27. The quantitative estimate of drug-likeness (QED) is 0.656. The number of carbonyl (C=O) groups excluding carboxylic acids is 1. The Morgan fingerprint density at radius 3 is 2.39 bits per heavy atom. The Morgan fingerprint density at radius 2 is 1.79 bits per heavy atom. The largest absolute Gasteiger partial charge is 0.483 e. The summed E-state index contributed by atoms with van der Waals surface area (Å²) in [4.78, 5) is 12.3. The van der Waals surface area contributed by atoms with Crippen molar-refractivity contribution in [1.29, 1.82) is 0 Å². The van der Waals surface area contributed by atoms with Crippen LogP contribution < -0.4 is 10.1 Å². The van der Waals surface area contributed by atoms with Gasteiger partial charge in [-0.25, -0.2) is 8.42 Å². The molecule has 0 radical (unpaired) electrons. The van der Waals surface area contributed by atoms with E-state index >= 15 is 0 Å². The van der Waals surface area contributed by atoms with Crippen molar-refractivity contribution < 1.29 is 17.9 Å². The van der Waals surface area contributed by atoms with Crippen LogP contribution in [0.15, 0.2) is 41.3 Å². The Bertz CT molecular complexity index is 960. The molecule has 0 spiro atoms. The second-order valence-corrected chi connectivity index (χ2v) is 8.76. The van der Waals surface area contributed by atoms with E-state index in [1.807, 2.05) is 6.92 Å². The van der Waals surface area contributed by atoms with Crippen molar-refractivity contribution in [3.8, 4) is 5.75 Å². The van der Waals surface area contributed by atoms with E-state index in [2.05, 4.69) is 5.32 Å². The first-order chi connectivity index (χ1) is 13.2. The maximum absolute atomic E-state index is 12.7. The van der Waals surface area contributed by atoms with Gasteiger partial charge in [0, 0.05) is 18.1 Å². The minimum Gasteiger partial charge on any atom is -0.483 e. The van der Waals surface area contributed by atoms with Crippen molar-refractivity contribution in [1.82, 2.24) is 4.31 Å². The number of anilines is 1. The molecular formula is C19H22Cl2N2O4S. The highest BCUT2D eigenvalue weighted by atomic mass is 35.5. The van der Waals surface area contributed by atoms with E-state index in [1.54, 1.807) is 32.0 Å². The molecule has 0 aliphatic rings. The number of sulfonamides is 1. The predicted molar refractivity (Wildman–Crippen MR) is 112 cm³/mol. The number of ether oxygens (including phenoxy) is 1. The van der Waals surface area contributed by atoms with Gasteiger partial charge in [0.15, 0.2) is 6.61 Å². The number of halogens is 2. The number of rotatable bonds is 8. The topological polar surface area (TPSA) is 75.7 Å². The number of aryl methyl sites for hydroxylation is 1. The van der Waals surface area contributed by atoms with Gasteiger partial charge in [0.1, 0.15) is 5.75 Å². The highest BCUT2D eigenvalue weighted by molar-refractivity contribution is 7.89. The van der Waals surface area contributed by atoms with Gasteiger partial charge in [-0.2, -0.15) is 4.31 Å². The molecule has 0 aliphatic carbocycles. The summed E-state index contributed by atoms with van der Waals surface area (Å²) in [5.41, 5.74) is 1.00. The minimum absolute atomic E-state index is 0.0605. The van der Waals surface area contributed by atoms with Crippen molar-refractivity contribution >= 4 is 44.8 Å². The van der Waals surface area contributed by atoms with Crippen molar-refractivity contribution in [3.05, 3.63) is 52.0 Å². The Kier molecular flexibility index (Phi) is 7.71. The van der Waals surface area contributed by atoms with Gasteiger partial charge in [-0.1, -0.05) is 37.0 Å². The van der Waals surface area contributed by atoms with Gasteiger partial charge >= 0.3 is 0 Å². The van der Waals surface area contributed by atoms with Crippen molar-refractivity contribution in [2.45, 2.75) is 25.7 Å². The summed E-state index contributed by atoms with van der Waals surface area (Å²) in [5.74, 6) is 0.0668. The van der Waals surface area contributed by atoms with Crippen molar-refractivity contribution in [2.75, 3.05) is 25.0 Å². The second-order valence-electron chi connectivity index (χ2n) is 5.98. The van der Waals surface area contributed by atoms with Crippen LogP contribution >= 0.6 is 23.2 Å². The van der Waals surface area contributed by atoms with Gasteiger partial charge in [-0.15, -0.1) is 0 Å². The third kappa shape index (κ3) is 5.38. The zero-order chi connectivity index (χ0) is 20.9. The maximum Gasteiger partial charge on any atom is 0.262 e. The molecular weight excluding hydrogens is 423 g/mol. The number of benzene rings is 2. The smallest absolute Gasteiger partial charge is 0.262 e. The van der Waals surface area contributed by atoms with Crippen LogP contribution in [0.25, 0.3) is 0 Å². The summed E-state index contributed by atoms with van der Waals surface area (Å²) in [5, 5.41) is 3.40. The minimum atomic E-state index is -3.66. The van der Waals surface area contributed by atoms with Crippen LogP contribution in [0.4, 0.5) is 5.69 Å². The second kappa shape index (κ2) is 9.60. The predicted octanol–water partition coefficient (Wildman–Crippen LogP) is 4.35. The fourth-order valence-electron chi connectivity index (χ4n) is 2.58. The zero-order valence-corrected chi connectivity index (χ0v) is 18.2. The SMILES string of the molecule is CCN(CC)S(=O)(=O)c1ccc(Cl)c(NC(=O)COc2ccc(Cl)cc2C)c1. The van der Waals surface area contributed by atoms with Crippen LogP contribution in [0, 0.1) is 6.92 Å². The fraction of sp³-hybridized carbons (Fsp3) is 0.316. The molecule has 0 atom stereocenters. The molecule has 152 valence electrons. The zero-order valence-electron chi connectivity index (χ0n) is 15.8. The van der Waals surface area contributed by atoms with Gasteiger partial charge in [0.05, 0.1) is 15.6 Å². The molecule has 2 aromatic carbocycles. The Labute approximate surface area is 175 Å². The first-order valence-corrected chi connectivity index (χ1v) is 10.9. The molecule has 0 bridgehead atoms. The fourth-order valence-corrected chi connectivity index (χ4v) is 4.45. The first kappa shape index (κ1) is 22.5. The third-order valence-corrected chi connectivity index (χ3v) is 6.66. The molecule has 0 heterocycles. The number of carbonyl (C=O) groups is 1. The monoisotopic (exact) mass is 444 g/mol. The summed E-state index contributed by atoms with van der Waals surface area (Å²) in [7, 11) is -3.66. The summed E-state index contributed by atoms with van der Waals surface area (Å²) >= 11 is 12.0. The number of hydrogen-bond donors (Lipinski definition) is 1. The highest BCUT2D eigenvalue weighted by Gasteiger charge is 2.22. The summed E-state index contributed by atoms with van der Waals surface area (Å²) in [6, 6.07) is 9.28. The molecule has 1 N–H and O–H groups in total. The summed E-state index contributed by atoms with van der Waals surface area (Å²) in [6.07, 6.45) is 0. The third-order valence-electron chi connectivity index (χ3n) is 4.05. The lowest BCUT2D eigenvalue weighted by Gasteiger charge is -2.19. The molecule has 6 nitrogen and oxygen atoms in total. The van der Waals surface area contributed by atoms with E-state index in [-0.39, 0.29) is 22.2 Å². The van der Waals surface area contributed by atoms with Crippen LogP contribution in [0.1, 0.15) is 19.4 Å². The normalized spacial score (nSPS) is 11.5. The van der Waals surface area contributed by atoms with E-state index in [9.17, 15) is 13.2 Å². The molecule has 0 saturated heterocycles. The van der Waals surface area contributed by atoms with Crippen LogP contribution in [0.2, 0.25) is 10.0 Å². The van der Waals surface area contributed by atoms with E-state index in [0.717, 1.165) is 5.56 Å². The molecule has 0 aromatic heterocycles. The maximum atomic E-state index is 12.7. The van der Waals surface area contributed by atoms with Gasteiger partial charge in [-0.3, -0.25) is 4.79 Å². The van der Waals surface area contributed by atoms with Crippen molar-refractivity contribution in [3.63, 3.8) is 0 Å². The standard InChI is InChI=1S/C19H22Cl2N2O4S/c1-4-23(5-2)28(25,26)15-7-8-16(21)17(11-15)22-19(24)12-27-18-9-6-14(20)10-13(18)3/h6-11H,4-5,12H2,1-3H3,(H,22,24). The van der Waals surface area contributed by atoms with Gasteiger partial charge in [0.25, 0.3) is 5.91 Å². The first-order valence-electron chi connectivity index (χ1n) is 8.67. The van der Waals surface area contributed by atoms with E-state index in [1.165, 1.54) is 22.5 Å². The Hall–Kier alpha value is -1.80. The molecule has 2 aromatic rings. The molecule has 0 aliphatic heterocycles. The molecule has 28 heavy (non-hydrogen) atoms. The molecule has 0 fully saturated rings. The van der Waals surface area contributed by atoms with Crippen LogP contribution in [-0.2, 0) is 14.8 Å². The molecule has 0 saturated carbocycles.